The number of hydrogen-bond acceptors (Lipinski definition) is 5. The van der Waals surface area contributed by atoms with Crippen molar-refractivity contribution in [3.63, 3.8) is 0 Å². The number of aromatic hydroxyl groups is 2. The molecule has 4 rings (SSSR count). The smallest absolute Gasteiger partial charge is 0.417 e. The van der Waals surface area contributed by atoms with Crippen molar-refractivity contribution in [1.29, 1.82) is 5.26 Å². The molecule has 0 radical (unpaired) electrons. The van der Waals surface area contributed by atoms with Crippen LogP contribution in [-0.4, -0.2) is 26.5 Å². The molecule has 2 aromatic rings. The van der Waals surface area contributed by atoms with Gasteiger partial charge in [-0.05, 0) is 38.0 Å². The number of nitrogens with zero attached hydrogens (tertiary/aromatic N) is 2. The van der Waals surface area contributed by atoms with Crippen molar-refractivity contribution in [1.82, 2.24) is 4.57 Å². The molecule has 0 saturated carbocycles. The van der Waals surface area contributed by atoms with E-state index in [0.29, 0.717) is 24.0 Å². The zero-order valence-electron chi connectivity index (χ0n) is 14.8. The summed E-state index contributed by atoms with van der Waals surface area (Å²) in [5, 5.41) is 40.0. The van der Waals surface area contributed by atoms with E-state index in [4.69, 9.17) is 10.00 Å². The number of rotatable bonds is 3. The normalized spacial score (nSPS) is 25.7. The molecule has 28 heavy (non-hydrogen) atoms. The van der Waals surface area contributed by atoms with Crippen molar-refractivity contribution in [2.45, 2.75) is 43.6 Å². The molecular formula is C19H17F3N2O4. The van der Waals surface area contributed by atoms with E-state index in [0.717, 1.165) is 16.7 Å². The molecule has 1 aromatic heterocycles. The summed E-state index contributed by atoms with van der Waals surface area (Å²) < 4.78 is 46.9. The number of aromatic nitrogens is 1. The van der Waals surface area contributed by atoms with E-state index < -0.39 is 40.3 Å². The van der Waals surface area contributed by atoms with Gasteiger partial charge in [0.25, 0.3) is 0 Å². The number of benzene rings is 1. The van der Waals surface area contributed by atoms with Crippen LogP contribution in [0.2, 0.25) is 0 Å². The van der Waals surface area contributed by atoms with E-state index in [2.05, 4.69) is 0 Å². The largest absolute Gasteiger partial charge is 0.494 e. The fourth-order valence-corrected chi connectivity index (χ4v) is 4.54. The van der Waals surface area contributed by atoms with Crippen LogP contribution in [0.15, 0.2) is 18.2 Å². The molecule has 1 saturated heterocycles. The summed E-state index contributed by atoms with van der Waals surface area (Å²) >= 11 is 0. The minimum absolute atomic E-state index is 0.127. The summed E-state index contributed by atoms with van der Waals surface area (Å²) in [4.78, 5) is 0. The first kappa shape index (κ1) is 18.7. The van der Waals surface area contributed by atoms with E-state index in [-0.39, 0.29) is 18.7 Å². The van der Waals surface area contributed by atoms with Crippen molar-refractivity contribution in [2.75, 3.05) is 6.61 Å². The Hall–Kier alpha value is -2.70. The molecule has 0 spiro atoms. The van der Waals surface area contributed by atoms with Crippen LogP contribution >= 0.6 is 0 Å². The number of alkyl halides is 3. The van der Waals surface area contributed by atoms with Crippen molar-refractivity contribution in [3.8, 4) is 23.5 Å². The third-order valence-electron chi connectivity index (χ3n) is 5.73. The summed E-state index contributed by atoms with van der Waals surface area (Å²) in [6.07, 6.45) is -3.53. The summed E-state index contributed by atoms with van der Waals surface area (Å²) in [5.74, 6) is -0.838. The molecule has 1 fully saturated rings. The van der Waals surface area contributed by atoms with E-state index >= 15 is 0 Å². The second kappa shape index (κ2) is 5.65. The molecule has 1 aromatic carbocycles. The van der Waals surface area contributed by atoms with Gasteiger partial charge in [-0.1, -0.05) is 0 Å². The number of aliphatic hydroxyl groups excluding tert-OH is 1. The highest BCUT2D eigenvalue weighted by Crippen LogP contribution is 2.65. The molecule has 3 heterocycles. The minimum Gasteiger partial charge on any atom is -0.494 e. The zero-order chi connectivity index (χ0) is 20.5. The van der Waals surface area contributed by atoms with Gasteiger partial charge in [0.05, 0.1) is 39.6 Å². The monoisotopic (exact) mass is 394 g/mol. The lowest BCUT2D eigenvalue weighted by Gasteiger charge is -2.25. The lowest BCUT2D eigenvalue weighted by Crippen LogP contribution is -2.24. The van der Waals surface area contributed by atoms with Crippen LogP contribution in [0.1, 0.15) is 48.4 Å². The zero-order valence-corrected chi connectivity index (χ0v) is 14.8. The van der Waals surface area contributed by atoms with Crippen molar-refractivity contribution >= 4 is 0 Å². The molecule has 2 aliphatic rings. The maximum Gasteiger partial charge on any atom is 0.417 e. The molecule has 2 atom stereocenters. The van der Waals surface area contributed by atoms with Gasteiger partial charge >= 0.3 is 6.18 Å². The lowest BCUT2D eigenvalue weighted by atomic mass is 9.78. The molecular weight excluding hydrogens is 377 g/mol. The van der Waals surface area contributed by atoms with Crippen LogP contribution in [0, 0.1) is 11.3 Å². The highest BCUT2D eigenvalue weighted by Gasteiger charge is 2.61. The van der Waals surface area contributed by atoms with Gasteiger partial charge in [-0.3, -0.25) is 4.57 Å². The van der Waals surface area contributed by atoms with Gasteiger partial charge in [0.15, 0.2) is 0 Å². The van der Waals surface area contributed by atoms with Gasteiger partial charge in [-0.2, -0.15) is 18.4 Å². The topological polar surface area (TPSA) is 98.6 Å². The highest BCUT2D eigenvalue weighted by atomic mass is 19.4. The van der Waals surface area contributed by atoms with Gasteiger partial charge in [0.1, 0.15) is 5.60 Å². The van der Waals surface area contributed by atoms with Crippen molar-refractivity contribution in [3.05, 3.63) is 40.5 Å². The molecule has 0 aliphatic carbocycles. The van der Waals surface area contributed by atoms with Crippen LogP contribution in [0.5, 0.6) is 11.8 Å². The maximum absolute atomic E-state index is 13.3. The number of halogens is 3. The average Bonchev–Trinajstić information content (AvgIpc) is 3.19. The quantitative estimate of drug-likeness (QED) is 0.741. The van der Waals surface area contributed by atoms with Gasteiger partial charge < -0.3 is 20.1 Å². The molecule has 0 amide bonds. The third kappa shape index (κ3) is 2.28. The first-order valence-corrected chi connectivity index (χ1v) is 8.68. The van der Waals surface area contributed by atoms with Crippen LogP contribution in [0.25, 0.3) is 5.69 Å². The molecule has 6 nitrogen and oxygen atoms in total. The van der Waals surface area contributed by atoms with E-state index in [9.17, 15) is 28.5 Å². The molecule has 2 aliphatic heterocycles. The second-order valence-corrected chi connectivity index (χ2v) is 7.37. The Morgan fingerprint density at radius 3 is 2.50 bits per heavy atom. The van der Waals surface area contributed by atoms with Crippen molar-refractivity contribution in [2.24, 2.45) is 0 Å². The van der Waals surface area contributed by atoms with Crippen LogP contribution < -0.4 is 0 Å². The Morgan fingerprint density at radius 2 is 1.89 bits per heavy atom. The fraction of sp³-hybridized carbons (Fsp3) is 0.421. The number of ether oxygens (including phenoxy) is 1. The average molecular weight is 394 g/mol. The van der Waals surface area contributed by atoms with E-state index in [1.165, 1.54) is 12.1 Å². The Balaban J connectivity index is 1.95. The Labute approximate surface area is 158 Å². The third-order valence-corrected chi connectivity index (χ3v) is 5.73. The second-order valence-electron chi connectivity index (χ2n) is 7.37. The summed E-state index contributed by atoms with van der Waals surface area (Å²) in [6, 6.07) is 4.45. The lowest BCUT2D eigenvalue weighted by molar-refractivity contribution is -0.137. The predicted octanol–water partition coefficient (Wildman–Crippen LogP) is 3.40. The number of nitriles is 1. The van der Waals surface area contributed by atoms with Crippen LogP contribution in [0.3, 0.4) is 0 Å². The van der Waals surface area contributed by atoms with Gasteiger partial charge in [-0.15, -0.1) is 0 Å². The number of aliphatic hydroxyl groups is 1. The Kier molecular flexibility index (Phi) is 3.77. The first-order chi connectivity index (χ1) is 13.1. The molecule has 3 N–H and O–H groups in total. The van der Waals surface area contributed by atoms with Crippen LogP contribution in [0.4, 0.5) is 13.2 Å². The fourth-order valence-electron chi connectivity index (χ4n) is 4.54. The molecule has 9 heteroatoms. The van der Waals surface area contributed by atoms with Crippen LogP contribution in [-0.2, 0) is 22.1 Å². The van der Waals surface area contributed by atoms with Gasteiger partial charge in [0.2, 0.25) is 11.8 Å². The summed E-state index contributed by atoms with van der Waals surface area (Å²) in [5.41, 5.74) is -3.12. The van der Waals surface area contributed by atoms with E-state index in [1.807, 2.05) is 0 Å². The van der Waals surface area contributed by atoms with Crippen molar-refractivity contribution < 1.29 is 33.2 Å². The maximum atomic E-state index is 13.3. The molecule has 0 unspecified atom stereocenters. The van der Waals surface area contributed by atoms with E-state index in [1.54, 1.807) is 6.92 Å². The van der Waals surface area contributed by atoms with Gasteiger partial charge in [0, 0.05) is 13.0 Å². The molecule has 2 bridgehead atoms. The highest BCUT2D eigenvalue weighted by molar-refractivity contribution is 5.61. The SMILES string of the molecule is C[C@]12CC[C@](CCO)(O1)c1c2c(O)n(-c2ccc(C#N)c(C(F)(F)F)c2)c1O. The predicted molar refractivity (Wildman–Crippen MR) is 89.9 cm³/mol. The first-order valence-electron chi connectivity index (χ1n) is 8.68. The molecule has 148 valence electrons. The number of fused-ring (bicyclic) bond motifs is 5. The number of hydrogen-bond donors (Lipinski definition) is 3. The standard InChI is InChI=1S/C19H17F3N2O4/c1-17-4-5-18(28-17,6-7-25)14-13(17)15(26)24(16(14)27)11-3-2-10(9-23)12(8-11)19(20,21)22/h2-3,8,25-27H,4-7H2,1H3/t17-,18-/m1/s1. The summed E-state index contributed by atoms with van der Waals surface area (Å²) in [6.45, 7) is 1.53. The minimum atomic E-state index is -4.77. The Bertz CT molecular complexity index is 1020. The Morgan fingerprint density at radius 1 is 1.21 bits per heavy atom. The van der Waals surface area contributed by atoms with Gasteiger partial charge in [-0.25, -0.2) is 0 Å². The summed E-state index contributed by atoms with van der Waals surface area (Å²) in [7, 11) is 0.